The molecule has 0 radical (unpaired) electrons. The summed E-state index contributed by atoms with van der Waals surface area (Å²) in [6, 6.07) is 5.90. The Hall–Kier alpha value is -0.980. The second-order valence-electron chi connectivity index (χ2n) is 4.02. The average Bonchev–Trinajstić information content (AvgIpc) is 2.19. The molecule has 0 saturated carbocycles. The molecule has 17 heavy (non-hydrogen) atoms. The lowest BCUT2D eigenvalue weighted by Crippen LogP contribution is -2.32. The zero-order valence-corrected chi connectivity index (χ0v) is 10.3. The van der Waals surface area contributed by atoms with Crippen molar-refractivity contribution in [3.63, 3.8) is 0 Å². The Kier molecular flexibility index (Phi) is 4.62. The molecule has 0 aromatic heterocycles. The second kappa shape index (κ2) is 5.57. The summed E-state index contributed by atoms with van der Waals surface area (Å²) in [6.07, 6.45) is -0.183. The minimum absolute atomic E-state index is 0.0163. The van der Waals surface area contributed by atoms with Crippen molar-refractivity contribution in [3.8, 4) is 0 Å². The summed E-state index contributed by atoms with van der Waals surface area (Å²) in [5.74, 6) is -1.63. The molecule has 96 valence electrons. The number of halogens is 1. The zero-order chi connectivity index (χ0) is 13.1. The van der Waals surface area contributed by atoms with Crippen LogP contribution in [0.25, 0.3) is 0 Å². The SMILES string of the molecule is CS(=O)(=O)CC(O)C(CN)c1ccccc1F. The van der Waals surface area contributed by atoms with E-state index in [9.17, 15) is 17.9 Å². The molecule has 1 aromatic carbocycles. The predicted molar refractivity (Wildman–Crippen MR) is 63.9 cm³/mol. The maximum atomic E-state index is 13.5. The van der Waals surface area contributed by atoms with E-state index in [2.05, 4.69) is 0 Å². The highest BCUT2D eigenvalue weighted by Gasteiger charge is 2.25. The number of nitrogens with two attached hydrogens (primary N) is 1. The first-order valence-corrected chi connectivity index (χ1v) is 7.21. The van der Waals surface area contributed by atoms with Gasteiger partial charge in [-0.1, -0.05) is 18.2 Å². The van der Waals surface area contributed by atoms with Crippen molar-refractivity contribution in [2.75, 3.05) is 18.6 Å². The summed E-state index contributed by atoms with van der Waals surface area (Å²) in [6.45, 7) is -0.0163. The lowest BCUT2D eigenvalue weighted by atomic mass is 9.94. The van der Waals surface area contributed by atoms with Gasteiger partial charge in [0.25, 0.3) is 0 Å². The van der Waals surface area contributed by atoms with E-state index in [0.29, 0.717) is 0 Å². The molecule has 0 aliphatic carbocycles. The van der Waals surface area contributed by atoms with Gasteiger partial charge >= 0.3 is 0 Å². The molecule has 2 unspecified atom stereocenters. The number of rotatable bonds is 5. The van der Waals surface area contributed by atoms with Crippen LogP contribution in [0, 0.1) is 5.82 Å². The Balaban J connectivity index is 2.96. The number of hydrogen-bond acceptors (Lipinski definition) is 4. The quantitative estimate of drug-likeness (QED) is 0.797. The molecule has 0 aliphatic heterocycles. The van der Waals surface area contributed by atoms with E-state index < -0.39 is 33.4 Å². The first-order chi connectivity index (χ1) is 7.85. The molecule has 0 fully saturated rings. The Morgan fingerprint density at radius 3 is 2.47 bits per heavy atom. The summed E-state index contributed by atoms with van der Waals surface area (Å²) in [5, 5.41) is 9.80. The van der Waals surface area contributed by atoms with Crippen LogP contribution in [0.3, 0.4) is 0 Å². The van der Waals surface area contributed by atoms with Crippen molar-refractivity contribution in [1.82, 2.24) is 0 Å². The minimum atomic E-state index is -3.33. The van der Waals surface area contributed by atoms with Crippen molar-refractivity contribution in [2.45, 2.75) is 12.0 Å². The third kappa shape index (κ3) is 4.07. The maximum absolute atomic E-state index is 13.5. The van der Waals surface area contributed by atoms with Gasteiger partial charge in [-0.2, -0.15) is 0 Å². The van der Waals surface area contributed by atoms with E-state index in [1.54, 1.807) is 6.07 Å². The van der Waals surface area contributed by atoms with Crippen LogP contribution in [0.2, 0.25) is 0 Å². The van der Waals surface area contributed by atoms with E-state index in [1.807, 2.05) is 0 Å². The van der Waals surface area contributed by atoms with Crippen molar-refractivity contribution in [3.05, 3.63) is 35.6 Å². The molecule has 2 atom stereocenters. The first-order valence-electron chi connectivity index (χ1n) is 5.15. The van der Waals surface area contributed by atoms with Crippen LogP contribution in [0.15, 0.2) is 24.3 Å². The average molecular weight is 261 g/mol. The lowest BCUT2D eigenvalue weighted by molar-refractivity contribution is 0.165. The normalized spacial score (nSPS) is 15.5. The van der Waals surface area contributed by atoms with Crippen LogP contribution in [-0.4, -0.2) is 38.2 Å². The summed E-state index contributed by atoms with van der Waals surface area (Å²) < 4.78 is 35.7. The fraction of sp³-hybridized carbons (Fsp3) is 0.455. The summed E-state index contributed by atoms with van der Waals surface area (Å²) in [7, 11) is -3.33. The van der Waals surface area contributed by atoms with Crippen LogP contribution >= 0.6 is 0 Å². The highest BCUT2D eigenvalue weighted by Crippen LogP contribution is 2.22. The third-order valence-electron chi connectivity index (χ3n) is 2.50. The lowest BCUT2D eigenvalue weighted by Gasteiger charge is -2.21. The molecule has 3 N–H and O–H groups in total. The van der Waals surface area contributed by atoms with Gasteiger partial charge in [-0.15, -0.1) is 0 Å². The van der Waals surface area contributed by atoms with Gasteiger partial charge in [0.15, 0.2) is 0 Å². The summed E-state index contributed by atoms with van der Waals surface area (Å²) in [4.78, 5) is 0. The van der Waals surface area contributed by atoms with Gasteiger partial charge in [-0.3, -0.25) is 0 Å². The highest BCUT2D eigenvalue weighted by atomic mass is 32.2. The molecule has 0 amide bonds. The van der Waals surface area contributed by atoms with E-state index in [0.717, 1.165) is 6.26 Å². The second-order valence-corrected chi connectivity index (χ2v) is 6.21. The van der Waals surface area contributed by atoms with Crippen molar-refractivity contribution in [2.24, 2.45) is 5.73 Å². The Labute approximate surface area is 100 Å². The van der Waals surface area contributed by atoms with Crippen LogP contribution in [-0.2, 0) is 9.84 Å². The number of aliphatic hydroxyl groups excluding tert-OH is 1. The molecule has 0 aliphatic rings. The van der Waals surface area contributed by atoms with Gasteiger partial charge in [-0.05, 0) is 11.6 Å². The smallest absolute Gasteiger partial charge is 0.150 e. The molecule has 1 rings (SSSR count). The van der Waals surface area contributed by atoms with Gasteiger partial charge in [0, 0.05) is 18.7 Å². The van der Waals surface area contributed by atoms with Gasteiger partial charge in [0.2, 0.25) is 0 Å². The Bertz CT molecular complexity index is 475. The topological polar surface area (TPSA) is 80.4 Å². The van der Waals surface area contributed by atoms with Crippen LogP contribution in [0.5, 0.6) is 0 Å². The zero-order valence-electron chi connectivity index (χ0n) is 9.51. The fourth-order valence-corrected chi connectivity index (χ4v) is 2.55. The largest absolute Gasteiger partial charge is 0.391 e. The molecular weight excluding hydrogens is 245 g/mol. The molecule has 4 nitrogen and oxygen atoms in total. The van der Waals surface area contributed by atoms with E-state index in [1.165, 1.54) is 18.2 Å². The number of sulfone groups is 1. The Morgan fingerprint density at radius 1 is 1.41 bits per heavy atom. The predicted octanol–water partition coefficient (Wildman–Crippen LogP) is 0.274. The molecule has 0 saturated heterocycles. The Morgan fingerprint density at radius 2 is 2.00 bits per heavy atom. The standard InChI is InChI=1S/C11H16FNO3S/c1-17(15,16)7-11(14)9(6-13)8-4-2-3-5-10(8)12/h2-5,9,11,14H,6-7,13H2,1H3. The van der Waals surface area contributed by atoms with Crippen molar-refractivity contribution >= 4 is 9.84 Å². The van der Waals surface area contributed by atoms with E-state index >= 15 is 0 Å². The fourth-order valence-electron chi connectivity index (χ4n) is 1.69. The molecule has 6 heteroatoms. The van der Waals surface area contributed by atoms with Crippen LogP contribution < -0.4 is 5.73 Å². The van der Waals surface area contributed by atoms with Gasteiger partial charge in [0.05, 0.1) is 11.9 Å². The minimum Gasteiger partial charge on any atom is -0.391 e. The number of aliphatic hydroxyl groups is 1. The maximum Gasteiger partial charge on any atom is 0.150 e. The molecule has 0 bridgehead atoms. The molecule has 1 aromatic rings. The van der Waals surface area contributed by atoms with Gasteiger partial charge < -0.3 is 10.8 Å². The van der Waals surface area contributed by atoms with E-state index in [4.69, 9.17) is 5.73 Å². The third-order valence-corrected chi connectivity index (χ3v) is 3.44. The van der Waals surface area contributed by atoms with E-state index in [-0.39, 0.29) is 12.1 Å². The van der Waals surface area contributed by atoms with Crippen molar-refractivity contribution in [1.29, 1.82) is 0 Å². The van der Waals surface area contributed by atoms with Gasteiger partial charge in [-0.25, -0.2) is 12.8 Å². The molecule has 0 spiro atoms. The van der Waals surface area contributed by atoms with Gasteiger partial charge in [0.1, 0.15) is 15.7 Å². The van der Waals surface area contributed by atoms with Crippen LogP contribution in [0.1, 0.15) is 11.5 Å². The monoisotopic (exact) mass is 261 g/mol. The molecule has 0 heterocycles. The highest BCUT2D eigenvalue weighted by molar-refractivity contribution is 7.90. The number of benzene rings is 1. The van der Waals surface area contributed by atoms with Crippen LogP contribution in [0.4, 0.5) is 4.39 Å². The summed E-state index contributed by atoms with van der Waals surface area (Å²) in [5.41, 5.74) is 5.71. The summed E-state index contributed by atoms with van der Waals surface area (Å²) >= 11 is 0. The van der Waals surface area contributed by atoms with Crippen molar-refractivity contribution < 1.29 is 17.9 Å². The molecular formula is C11H16FNO3S. The first kappa shape index (κ1) is 14.1. The number of hydrogen-bond donors (Lipinski definition) is 2.